The van der Waals surface area contributed by atoms with Crippen molar-refractivity contribution in [1.82, 2.24) is 9.88 Å². The molecule has 1 aromatic heterocycles. The Hall–Kier alpha value is -3.39. The Morgan fingerprint density at radius 3 is 2.49 bits per heavy atom. The molecule has 2 aliphatic rings. The molecule has 7 nitrogen and oxygen atoms in total. The fourth-order valence-corrected chi connectivity index (χ4v) is 5.54. The number of nitrogens with zero attached hydrogens (tertiary/aromatic N) is 2. The number of amides is 1. The molecule has 2 aliphatic heterocycles. The Morgan fingerprint density at radius 1 is 1.06 bits per heavy atom. The van der Waals surface area contributed by atoms with Gasteiger partial charge < -0.3 is 19.1 Å². The van der Waals surface area contributed by atoms with E-state index in [1.807, 2.05) is 43.0 Å². The van der Waals surface area contributed by atoms with Crippen LogP contribution in [0, 0.1) is 12.8 Å². The van der Waals surface area contributed by atoms with E-state index in [2.05, 4.69) is 4.98 Å². The molecule has 5 rings (SSSR count). The van der Waals surface area contributed by atoms with E-state index < -0.39 is 0 Å². The molecule has 0 N–H and O–H groups in total. The van der Waals surface area contributed by atoms with Gasteiger partial charge in [0.25, 0.3) is 5.91 Å². The third kappa shape index (κ3) is 4.89. The lowest BCUT2D eigenvalue weighted by Crippen LogP contribution is -2.40. The van der Waals surface area contributed by atoms with Gasteiger partial charge in [0.2, 0.25) is 0 Å². The predicted octanol–water partition coefficient (Wildman–Crippen LogP) is 5.02. The van der Waals surface area contributed by atoms with Gasteiger partial charge in [0.05, 0.1) is 12.3 Å². The summed E-state index contributed by atoms with van der Waals surface area (Å²) in [7, 11) is 0. The van der Waals surface area contributed by atoms with Crippen molar-refractivity contribution >= 4 is 23.0 Å². The fourth-order valence-electron chi connectivity index (χ4n) is 4.50. The molecule has 1 fully saturated rings. The third-order valence-corrected chi connectivity index (χ3v) is 7.58. The van der Waals surface area contributed by atoms with Crippen LogP contribution in [0.1, 0.15) is 45.5 Å². The van der Waals surface area contributed by atoms with Gasteiger partial charge >= 0.3 is 0 Å². The molecule has 35 heavy (non-hydrogen) atoms. The molecule has 1 amide bonds. The van der Waals surface area contributed by atoms with E-state index >= 15 is 0 Å². The van der Waals surface area contributed by atoms with E-state index in [1.54, 1.807) is 18.2 Å². The summed E-state index contributed by atoms with van der Waals surface area (Å²) in [6, 6.07) is 13.1. The van der Waals surface area contributed by atoms with Crippen LogP contribution in [0.25, 0.3) is 10.6 Å². The quantitative estimate of drug-likeness (QED) is 0.450. The van der Waals surface area contributed by atoms with Gasteiger partial charge in [-0.25, -0.2) is 4.98 Å². The minimum atomic E-state index is -0.108. The second kappa shape index (κ2) is 10.1. The number of ketones is 1. The normalized spacial score (nSPS) is 15.7. The summed E-state index contributed by atoms with van der Waals surface area (Å²) in [6.45, 7) is 6.56. The molecular formula is C27H28N2O5S. The van der Waals surface area contributed by atoms with Crippen LogP contribution in [-0.2, 0) is 0 Å². The Kier molecular flexibility index (Phi) is 6.72. The number of aryl methyl sites for hydroxylation is 1. The second-order valence-corrected chi connectivity index (χ2v) is 9.68. The van der Waals surface area contributed by atoms with Crippen molar-refractivity contribution in [3.63, 3.8) is 0 Å². The van der Waals surface area contributed by atoms with Crippen LogP contribution in [-0.4, -0.2) is 54.5 Å². The van der Waals surface area contributed by atoms with E-state index in [0.29, 0.717) is 67.7 Å². The molecule has 0 atom stereocenters. The maximum Gasteiger partial charge on any atom is 0.265 e. The van der Waals surface area contributed by atoms with Crippen molar-refractivity contribution in [3.8, 4) is 27.8 Å². The number of hydrogen-bond acceptors (Lipinski definition) is 7. The molecule has 0 unspecified atom stereocenters. The first-order valence-corrected chi connectivity index (χ1v) is 12.8. The van der Waals surface area contributed by atoms with Crippen LogP contribution in [0.4, 0.5) is 0 Å². The maximum atomic E-state index is 13.3. The number of fused-ring (bicyclic) bond motifs is 1. The van der Waals surface area contributed by atoms with Crippen LogP contribution in [0.3, 0.4) is 0 Å². The van der Waals surface area contributed by atoms with E-state index in [1.165, 1.54) is 11.3 Å². The topological polar surface area (TPSA) is 78.0 Å². The van der Waals surface area contributed by atoms with Crippen molar-refractivity contribution < 1.29 is 23.8 Å². The predicted molar refractivity (Wildman–Crippen MR) is 134 cm³/mol. The van der Waals surface area contributed by atoms with Crippen LogP contribution in [0.2, 0.25) is 0 Å². The molecule has 0 spiro atoms. The van der Waals surface area contributed by atoms with E-state index in [-0.39, 0.29) is 17.6 Å². The zero-order valence-electron chi connectivity index (χ0n) is 19.9. The lowest BCUT2D eigenvalue weighted by molar-refractivity contribution is 0.0653. The monoisotopic (exact) mass is 492 g/mol. The Balaban J connectivity index is 1.23. The number of piperidine rings is 1. The molecule has 0 saturated carbocycles. The number of aromatic nitrogens is 1. The summed E-state index contributed by atoms with van der Waals surface area (Å²) in [5.74, 6) is 2.10. The zero-order chi connectivity index (χ0) is 24.4. The summed E-state index contributed by atoms with van der Waals surface area (Å²) in [6.07, 6.45) is 1.28. The molecule has 0 bridgehead atoms. The average molecular weight is 493 g/mol. The summed E-state index contributed by atoms with van der Waals surface area (Å²) < 4.78 is 16.7. The minimum absolute atomic E-state index is 0.0117. The Labute approximate surface area is 208 Å². The first-order chi connectivity index (χ1) is 17.0. The highest BCUT2D eigenvalue weighted by Crippen LogP contribution is 2.34. The Bertz CT molecular complexity index is 1230. The van der Waals surface area contributed by atoms with Crippen LogP contribution in [0.15, 0.2) is 42.5 Å². The number of hydrogen-bond donors (Lipinski definition) is 0. The summed E-state index contributed by atoms with van der Waals surface area (Å²) in [5.41, 5.74) is 2.33. The Morgan fingerprint density at radius 2 is 1.77 bits per heavy atom. The van der Waals surface area contributed by atoms with Crippen molar-refractivity contribution in [2.75, 3.05) is 32.9 Å². The molecular weight excluding hydrogens is 464 g/mol. The van der Waals surface area contributed by atoms with Gasteiger partial charge in [0.1, 0.15) is 28.8 Å². The van der Waals surface area contributed by atoms with E-state index in [9.17, 15) is 9.59 Å². The molecule has 0 radical (unpaired) electrons. The number of rotatable bonds is 6. The summed E-state index contributed by atoms with van der Waals surface area (Å²) in [5, 5.41) is 0.817. The zero-order valence-corrected chi connectivity index (χ0v) is 20.7. The number of Topliss-reactive ketones (excluding diaryl/α,β-unsaturated/α-hetero) is 1. The molecule has 182 valence electrons. The highest BCUT2D eigenvalue weighted by molar-refractivity contribution is 7.17. The maximum absolute atomic E-state index is 13.3. The van der Waals surface area contributed by atoms with Crippen molar-refractivity contribution in [2.24, 2.45) is 5.92 Å². The first-order valence-electron chi connectivity index (χ1n) is 12.0. The number of carbonyl (C=O) groups is 2. The number of likely N-dealkylation sites (tertiary alicyclic amines) is 1. The number of carbonyl (C=O) groups excluding carboxylic acids is 2. The second-order valence-electron chi connectivity index (χ2n) is 8.68. The van der Waals surface area contributed by atoms with Gasteiger partial charge in [-0.05, 0) is 69.2 Å². The summed E-state index contributed by atoms with van der Waals surface area (Å²) >= 11 is 1.41. The number of ether oxygens (including phenoxy) is 3. The number of thiazole rings is 1. The molecule has 8 heteroatoms. The number of benzene rings is 2. The molecule has 0 aliphatic carbocycles. The van der Waals surface area contributed by atoms with Crippen molar-refractivity contribution in [1.29, 1.82) is 0 Å². The third-order valence-electron chi connectivity index (χ3n) is 6.38. The smallest absolute Gasteiger partial charge is 0.265 e. The molecule has 1 saturated heterocycles. The highest BCUT2D eigenvalue weighted by Gasteiger charge is 2.30. The molecule has 3 heterocycles. The average Bonchev–Trinajstić information content (AvgIpc) is 3.29. The molecule has 2 aromatic carbocycles. The van der Waals surface area contributed by atoms with Gasteiger partial charge in [-0.3, -0.25) is 9.59 Å². The van der Waals surface area contributed by atoms with Crippen molar-refractivity contribution in [3.05, 3.63) is 58.6 Å². The highest BCUT2D eigenvalue weighted by atomic mass is 32.1. The van der Waals surface area contributed by atoms with Crippen molar-refractivity contribution in [2.45, 2.75) is 26.7 Å². The fraction of sp³-hybridized carbons (Fsp3) is 0.370. The van der Waals surface area contributed by atoms with Gasteiger partial charge in [0.15, 0.2) is 17.3 Å². The standard InChI is InChI=1S/C27H28N2O5S/c1-3-32-21-7-4-19(5-8-21)26-28-17(2)25(35-26)27(31)29-12-10-18(11-13-29)24(30)20-6-9-22-23(16-20)34-15-14-33-22/h4-9,16,18H,3,10-15H2,1-2H3. The summed E-state index contributed by atoms with van der Waals surface area (Å²) in [4.78, 5) is 33.5. The lowest BCUT2D eigenvalue weighted by atomic mass is 9.88. The first kappa shape index (κ1) is 23.4. The van der Waals surface area contributed by atoms with Gasteiger partial charge in [0, 0.05) is 30.1 Å². The lowest BCUT2D eigenvalue weighted by Gasteiger charge is -2.31. The minimum Gasteiger partial charge on any atom is -0.494 e. The van der Waals surface area contributed by atoms with Gasteiger partial charge in [-0.1, -0.05) is 0 Å². The molecule has 3 aromatic rings. The van der Waals surface area contributed by atoms with Crippen LogP contribution >= 0.6 is 11.3 Å². The van der Waals surface area contributed by atoms with Gasteiger partial charge in [-0.2, -0.15) is 0 Å². The van der Waals surface area contributed by atoms with E-state index in [4.69, 9.17) is 14.2 Å². The van der Waals surface area contributed by atoms with Crippen LogP contribution < -0.4 is 14.2 Å². The van der Waals surface area contributed by atoms with Crippen LogP contribution in [0.5, 0.6) is 17.2 Å². The largest absolute Gasteiger partial charge is 0.494 e. The SMILES string of the molecule is CCOc1ccc(-c2nc(C)c(C(=O)N3CCC(C(=O)c4ccc5c(c4)OCCO5)CC3)s2)cc1. The van der Waals surface area contributed by atoms with Gasteiger partial charge in [-0.15, -0.1) is 11.3 Å². The van der Waals surface area contributed by atoms with E-state index in [0.717, 1.165) is 22.0 Å².